The number of anilines is 1. The number of ether oxygens (including phenoxy) is 2. The highest BCUT2D eigenvalue weighted by Gasteiger charge is 2.46. The van der Waals surface area contributed by atoms with Crippen molar-refractivity contribution in [3.05, 3.63) is 59.2 Å². The monoisotopic (exact) mass is 451 g/mol. The van der Waals surface area contributed by atoms with Gasteiger partial charge >= 0.3 is 0 Å². The number of rotatable bonds is 6. The van der Waals surface area contributed by atoms with Gasteiger partial charge in [0.05, 0.1) is 31.0 Å². The second-order valence-electron chi connectivity index (χ2n) is 8.52. The number of nitrogens with zero attached hydrogens (tertiary/aromatic N) is 3. The molecule has 8 heteroatoms. The van der Waals surface area contributed by atoms with Crippen LogP contribution >= 0.6 is 0 Å². The van der Waals surface area contributed by atoms with Gasteiger partial charge in [-0.25, -0.2) is 0 Å². The SMILES string of the molecule is COc1cccc(C2/C(=C(/O)c3ccc4c(c3)N(C)CCO4)C(=O)C(=O)N2CCN(C)C)c1. The molecule has 0 aliphatic carbocycles. The van der Waals surface area contributed by atoms with Crippen LogP contribution in [0.2, 0.25) is 0 Å². The van der Waals surface area contributed by atoms with Gasteiger partial charge in [0.1, 0.15) is 23.9 Å². The van der Waals surface area contributed by atoms with Crippen LogP contribution in [0.25, 0.3) is 5.76 Å². The van der Waals surface area contributed by atoms with Crippen LogP contribution in [0.15, 0.2) is 48.0 Å². The van der Waals surface area contributed by atoms with Crippen LogP contribution in [-0.4, -0.2) is 81.1 Å². The van der Waals surface area contributed by atoms with Crippen molar-refractivity contribution in [3.63, 3.8) is 0 Å². The van der Waals surface area contributed by atoms with Crippen molar-refractivity contribution in [2.45, 2.75) is 6.04 Å². The second kappa shape index (κ2) is 9.15. The second-order valence-corrected chi connectivity index (χ2v) is 8.52. The normalized spacial score (nSPS) is 19.6. The number of ketones is 1. The first kappa shape index (κ1) is 22.7. The quantitative estimate of drug-likeness (QED) is 0.411. The third kappa shape index (κ3) is 4.26. The van der Waals surface area contributed by atoms with Crippen molar-refractivity contribution in [3.8, 4) is 11.5 Å². The molecule has 8 nitrogen and oxygen atoms in total. The Morgan fingerprint density at radius 2 is 2.00 bits per heavy atom. The summed E-state index contributed by atoms with van der Waals surface area (Å²) in [6.07, 6.45) is 0. The molecule has 174 valence electrons. The summed E-state index contributed by atoms with van der Waals surface area (Å²) in [5, 5.41) is 11.3. The highest BCUT2D eigenvalue weighted by molar-refractivity contribution is 6.46. The molecular weight excluding hydrogens is 422 g/mol. The van der Waals surface area contributed by atoms with Crippen molar-refractivity contribution < 1.29 is 24.2 Å². The number of aliphatic hydroxyl groups excluding tert-OH is 1. The molecule has 0 saturated carbocycles. The number of Topliss-reactive ketones (excluding diaryl/α,β-unsaturated/α-hetero) is 1. The molecule has 2 aliphatic heterocycles. The van der Waals surface area contributed by atoms with E-state index in [0.717, 1.165) is 18.0 Å². The fourth-order valence-electron chi connectivity index (χ4n) is 4.23. The van der Waals surface area contributed by atoms with E-state index in [1.165, 1.54) is 4.90 Å². The summed E-state index contributed by atoms with van der Waals surface area (Å²) in [6.45, 7) is 2.23. The molecule has 1 unspecified atom stereocenters. The number of likely N-dealkylation sites (tertiary alicyclic amines) is 1. The van der Waals surface area contributed by atoms with Gasteiger partial charge in [-0.05, 0) is 50.0 Å². The van der Waals surface area contributed by atoms with Gasteiger partial charge in [0.25, 0.3) is 11.7 Å². The molecular formula is C25H29N3O5. The van der Waals surface area contributed by atoms with Gasteiger partial charge in [-0.2, -0.15) is 0 Å². The van der Waals surface area contributed by atoms with E-state index < -0.39 is 17.7 Å². The van der Waals surface area contributed by atoms with Crippen LogP contribution in [0, 0.1) is 0 Å². The number of hydrogen-bond donors (Lipinski definition) is 1. The van der Waals surface area contributed by atoms with Crippen LogP contribution < -0.4 is 14.4 Å². The van der Waals surface area contributed by atoms with E-state index in [4.69, 9.17) is 9.47 Å². The Labute approximate surface area is 193 Å². The van der Waals surface area contributed by atoms with Gasteiger partial charge in [-0.15, -0.1) is 0 Å². The fourth-order valence-corrected chi connectivity index (χ4v) is 4.23. The number of amides is 1. The Kier molecular flexibility index (Phi) is 6.29. The maximum Gasteiger partial charge on any atom is 0.295 e. The smallest absolute Gasteiger partial charge is 0.295 e. The molecule has 4 rings (SSSR count). The lowest BCUT2D eigenvalue weighted by molar-refractivity contribution is -0.140. The summed E-state index contributed by atoms with van der Waals surface area (Å²) in [7, 11) is 7.32. The lowest BCUT2D eigenvalue weighted by atomic mass is 9.94. The number of carbonyl (C=O) groups is 2. The minimum atomic E-state index is -0.718. The van der Waals surface area contributed by atoms with Crippen LogP contribution in [0.5, 0.6) is 11.5 Å². The van der Waals surface area contributed by atoms with Crippen LogP contribution in [0.3, 0.4) is 0 Å². The number of carbonyl (C=O) groups excluding carboxylic acids is 2. The number of likely N-dealkylation sites (N-methyl/N-ethyl adjacent to an activating group) is 2. The first-order valence-electron chi connectivity index (χ1n) is 10.9. The largest absolute Gasteiger partial charge is 0.507 e. The maximum absolute atomic E-state index is 13.2. The highest BCUT2D eigenvalue weighted by Crippen LogP contribution is 2.41. The molecule has 2 aromatic rings. The van der Waals surface area contributed by atoms with E-state index in [-0.39, 0.29) is 11.3 Å². The lowest BCUT2D eigenvalue weighted by Gasteiger charge is -2.28. The van der Waals surface area contributed by atoms with Gasteiger partial charge in [-0.1, -0.05) is 12.1 Å². The Morgan fingerprint density at radius 1 is 1.21 bits per heavy atom. The molecule has 1 amide bonds. The first-order valence-corrected chi connectivity index (χ1v) is 10.9. The summed E-state index contributed by atoms with van der Waals surface area (Å²) in [5.41, 5.74) is 2.06. The minimum Gasteiger partial charge on any atom is -0.507 e. The molecule has 1 N–H and O–H groups in total. The Bertz CT molecular complexity index is 1110. The third-order valence-corrected chi connectivity index (χ3v) is 6.07. The molecule has 2 aliphatic rings. The van der Waals surface area contributed by atoms with E-state index in [0.29, 0.717) is 36.6 Å². The number of hydrogen-bond acceptors (Lipinski definition) is 7. The Balaban J connectivity index is 1.84. The third-order valence-electron chi connectivity index (χ3n) is 6.07. The van der Waals surface area contributed by atoms with Crippen LogP contribution in [0.1, 0.15) is 17.2 Å². The molecule has 1 fully saturated rings. The van der Waals surface area contributed by atoms with Crippen molar-refractivity contribution >= 4 is 23.1 Å². The van der Waals surface area contributed by atoms with Crippen LogP contribution in [-0.2, 0) is 9.59 Å². The Morgan fingerprint density at radius 3 is 2.73 bits per heavy atom. The number of methoxy groups -OCH3 is 1. The lowest BCUT2D eigenvalue weighted by Crippen LogP contribution is -2.35. The molecule has 1 atom stereocenters. The van der Waals surface area contributed by atoms with Gasteiger partial charge in [-0.3, -0.25) is 9.59 Å². The zero-order chi connectivity index (χ0) is 23.7. The zero-order valence-corrected chi connectivity index (χ0v) is 19.4. The molecule has 0 spiro atoms. The van der Waals surface area contributed by atoms with Gasteiger partial charge in [0, 0.05) is 25.7 Å². The molecule has 33 heavy (non-hydrogen) atoms. The van der Waals surface area contributed by atoms with E-state index in [1.54, 1.807) is 37.4 Å². The minimum absolute atomic E-state index is 0.0753. The molecule has 0 aromatic heterocycles. The molecule has 2 heterocycles. The number of aliphatic hydroxyl groups is 1. The molecule has 2 aromatic carbocycles. The Hall–Kier alpha value is -3.52. The van der Waals surface area contributed by atoms with Gasteiger partial charge in [0.2, 0.25) is 0 Å². The van der Waals surface area contributed by atoms with E-state index in [9.17, 15) is 14.7 Å². The highest BCUT2D eigenvalue weighted by atomic mass is 16.5. The predicted octanol–water partition coefficient (Wildman–Crippen LogP) is 2.51. The van der Waals surface area contributed by atoms with Crippen molar-refractivity contribution in [2.24, 2.45) is 0 Å². The van der Waals surface area contributed by atoms with E-state index in [2.05, 4.69) is 0 Å². The van der Waals surface area contributed by atoms with E-state index in [1.807, 2.05) is 43.1 Å². The maximum atomic E-state index is 13.2. The summed E-state index contributed by atoms with van der Waals surface area (Å²) >= 11 is 0. The topological polar surface area (TPSA) is 82.5 Å². The summed E-state index contributed by atoms with van der Waals surface area (Å²) in [6, 6.07) is 11.8. The van der Waals surface area contributed by atoms with E-state index >= 15 is 0 Å². The van der Waals surface area contributed by atoms with Gasteiger partial charge in [0.15, 0.2) is 0 Å². The fraction of sp³-hybridized carbons (Fsp3) is 0.360. The summed E-state index contributed by atoms with van der Waals surface area (Å²) < 4.78 is 11.1. The predicted molar refractivity (Wildman–Crippen MR) is 126 cm³/mol. The number of benzene rings is 2. The molecule has 0 bridgehead atoms. The van der Waals surface area contributed by atoms with Crippen molar-refractivity contribution in [1.29, 1.82) is 0 Å². The summed E-state index contributed by atoms with van der Waals surface area (Å²) in [5.74, 6) is -0.185. The van der Waals surface area contributed by atoms with Gasteiger partial charge < -0.3 is 29.3 Å². The van der Waals surface area contributed by atoms with Crippen molar-refractivity contribution in [2.75, 3.05) is 59.4 Å². The summed E-state index contributed by atoms with van der Waals surface area (Å²) in [4.78, 5) is 31.7. The first-order chi connectivity index (χ1) is 15.8. The number of fused-ring (bicyclic) bond motifs is 1. The zero-order valence-electron chi connectivity index (χ0n) is 19.4. The molecule has 1 saturated heterocycles. The van der Waals surface area contributed by atoms with Crippen LogP contribution in [0.4, 0.5) is 5.69 Å². The average Bonchev–Trinajstić information content (AvgIpc) is 3.07. The average molecular weight is 452 g/mol. The van der Waals surface area contributed by atoms with Crippen molar-refractivity contribution in [1.82, 2.24) is 9.80 Å². The standard InChI is InChI=1S/C25H29N3O5/c1-26(2)10-11-28-22(16-6-5-7-18(14-16)32-4)21(24(30)25(28)31)23(29)17-8-9-20-19(15-17)27(3)12-13-33-20/h5-9,14-15,22,29H,10-13H2,1-4H3/b23-21-. The molecule has 0 radical (unpaired) electrons.